The predicted octanol–water partition coefficient (Wildman–Crippen LogP) is 9.31. The van der Waals surface area contributed by atoms with Gasteiger partial charge in [-0.05, 0) is 78.0 Å². The van der Waals surface area contributed by atoms with Gasteiger partial charge in [-0.2, -0.15) is 0 Å². The molecule has 0 amide bonds. The van der Waals surface area contributed by atoms with Gasteiger partial charge in [-0.1, -0.05) is 117 Å². The van der Waals surface area contributed by atoms with Crippen molar-refractivity contribution in [3.63, 3.8) is 0 Å². The molecular weight excluding hydrogens is 440 g/mol. The van der Waals surface area contributed by atoms with Crippen LogP contribution < -0.4 is 0 Å². The fraction of sp³-hybridized carbons (Fsp3) is 0.600. The first kappa shape index (κ1) is 23.1. The normalized spacial score (nSPS) is 25.2. The first-order valence-electron chi connectivity index (χ1n) is 11.8. The van der Waals surface area contributed by atoms with E-state index < -0.39 is 0 Å². The number of hydrogen-bond acceptors (Lipinski definition) is 0. The summed E-state index contributed by atoms with van der Waals surface area (Å²) in [5.41, 5.74) is 9.52. The fourth-order valence-electron chi connectivity index (χ4n) is 6.51. The van der Waals surface area contributed by atoms with Crippen molar-refractivity contribution in [2.45, 2.75) is 105 Å². The topological polar surface area (TPSA) is 0 Å². The molecule has 31 heavy (non-hydrogen) atoms. The average molecular weight is 482 g/mol. The first-order chi connectivity index (χ1) is 13.8. The number of benzene rings is 2. The molecule has 0 unspecified atom stereocenters. The molecule has 168 valence electrons. The van der Waals surface area contributed by atoms with Crippen LogP contribution in [0, 0.1) is 10.8 Å². The van der Waals surface area contributed by atoms with Crippen molar-refractivity contribution in [2.24, 2.45) is 10.8 Å². The van der Waals surface area contributed by atoms with Gasteiger partial charge in [0.1, 0.15) is 0 Å². The van der Waals surface area contributed by atoms with Crippen molar-refractivity contribution in [3.05, 3.63) is 57.1 Å². The van der Waals surface area contributed by atoms with Crippen LogP contribution in [0.25, 0.3) is 11.1 Å². The summed E-state index contributed by atoms with van der Waals surface area (Å²) in [6.45, 7) is 29.1. The zero-order valence-corrected chi connectivity index (χ0v) is 23.4. The van der Waals surface area contributed by atoms with Crippen LogP contribution in [-0.2, 0) is 21.7 Å². The molecule has 4 rings (SSSR count). The highest BCUT2D eigenvalue weighted by Crippen LogP contribution is 2.64. The van der Waals surface area contributed by atoms with E-state index in [2.05, 4.69) is 129 Å². The summed E-state index contributed by atoms with van der Waals surface area (Å²) in [6.07, 6.45) is 0. The van der Waals surface area contributed by atoms with E-state index >= 15 is 0 Å². The second-order valence-corrected chi connectivity index (χ2v) is 14.2. The minimum absolute atomic E-state index is 0.112. The van der Waals surface area contributed by atoms with E-state index in [0.29, 0.717) is 0 Å². The molecule has 0 saturated heterocycles. The summed E-state index contributed by atoms with van der Waals surface area (Å²) < 4.78 is 1.21. The number of rotatable bonds is 1. The highest BCUT2D eigenvalue weighted by molar-refractivity contribution is 9.10. The lowest BCUT2D eigenvalue weighted by atomic mass is 9.59. The summed E-state index contributed by atoms with van der Waals surface area (Å²) in [4.78, 5) is 0. The van der Waals surface area contributed by atoms with Crippen molar-refractivity contribution >= 4 is 15.9 Å². The van der Waals surface area contributed by atoms with Crippen LogP contribution in [0.5, 0.6) is 0 Å². The van der Waals surface area contributed by atoms with Crippen LogP contribution in [0.4, 0.5) is 0 Å². The summed E-state index contributed by atoms with van der Waals surface area (Å²) in [5.74, 6) is 0. The van der Waals surface area contributed by atoms with Crippen molar-refractivity contribution in [1.29, 1.82) is 0 Å². The molecule has 0 nitrogen and oxygen atoms in total. The number of halogens is 1. The van der Waals surface area contributed by atoms with E-state index in [-0.39, 0.29) is 32.5 Å². The second kappa shape index (κ2) is 6.07. The maximum Gasteiger partial charge on any atom is 0.0256 e. The molecule has 2 aromatic rings. The predicted molar refractivity (Wildman–Crippen MR) is 139 cm³/mol. The Labute approximate surface area is 199 Å². The van der Waals surface area contributed by atoms with E-state index in [4.69, 9.17) is 0 Å². The van der Waals surface area contributed by atoms with Gasteiger partial charge in [-0.25, -0.2) is 0 Å². The van der Waals surface area contributed by atoms with Crippen LogP contribution in [0.15, 0.2) is 34.8 Å². The molecule has 0 spiro atoms. The van der Waals surface area contributed by atoms with Crippen LogP contribution in [0.3, 0.4) is 0 Å². The molecule has 2 aromatic carbocycles. The lowest BCUT2D eigenvalue weighted by molar-refractivity contribution is 0.125. The summed E-state index contributed by atoms with van der Waals surface area (Å²) in [6, 6.07) is 12.1. The standard InChI is InChI=1S/C30H41Br/c1-25(2)20-14-13-18(15-21(20)26(3,4)29(25,9)10)19-16-22-23(17-24(19)31)28(7,8)30(11,12)27(22,5)6/h13-17H,1-12H3. The minimum atomic E-state index is 0.112. The molecule has 0 N–H and O–H groups in total. The number of fused-ring (bicyclic) bond motifs is 2. The van der Waals surface area contributed by atoms with E-state index in [0.717, 1.165) is 0 Å². The molecule has 2 aliphatic rings. The molecule has 0 atom stereocenters. The molecule has 0 saturated carbocycles. The summed E-state index contributed by atoms with van der Waals surface area (Å²) in [7, 11) is 0. The van der Waals surface area contributed by atoms with Crippen LogP contribution >= 0.6 is 15.9 Å². The smallest absolute Gasteiger partial charge is 0.0256 e. The van der Waals surface area contributed by atoms with Gasteiger partial charge in [-0.15, -0.1) is 0 Å². The van der Waals surface area contributed by atoms with Gasteiger partial charge in [-0.3, -0.25) is 0 Å². The zero-order valence-electron chi connectivity index (χ0n) is 21.8. The Hall–Kier alpha value is -1.08. The lowest BCUT2D eigenvalue weighted by Crippen LogP contribution is -2.42. The van der Waals surface area contributed by atoms with E-state index in [9.17, 15) is 0 Å². The van der Waals surface area contributed by atoms with Gasteiger partial charge < -0.3 is 0 Å². The van der Waals surface area contributed by atoms with Gasteiger partial charge in [0.25, 0.3) is 0 Å². The largest absolute Gasteiger partial charge is 0.0582 e. The molecule has 0 heterocycles. The van der Waals surface area contributed by atoms with Gasteiger partial charge in [0.05, 0.1) is 0 Å². The fourth-order valence-corrected chi connectivity index (χ4v) is 7.08. The zero-order chi connectivity index (χ0) is 23.6. The Kier molecular flexibility index (Phi) is 4.52. The Balaban J connectivity index is 1.95. The van der Waals surface area contributed by atoms with Gasteiger partial charge in [0.2, 0.25) is 0 Å². The van der Waals surface area contributed by atoms with Gasteiger partial charge in [0, 0.05) is 4.47 Å². The highest BCUT2D eigenvalue weighted by Gasteiger charge is 2.58. The van der Waals surface area contributed by atoms with E-state index in [1.807, 2.05) is 0 Å². The Morgan fingerprint density at radius 2 is 0.871 bits per heavy atom. The highest BCUT2D eigenvalue weighted by atomic mass is 79.9. The third-order valence-electron chi connectivity index (χ3n) is 11.4. The lowest BCUT2D eigenvalue weighted by Gasteiger charge is -2.44. The third-order valence-corrected chi connectivity index (χ3v) is 12.0. The molecule has 0 aliphatic heterocycles. The summed E-state index contributed by atoms with van der Waals surface area (Å²) in [5, 5.41) is 0. The van der Waals surface area contributed by atoms with Crippen molar-refractivity contribution in [1.82, 2.24) is 0 Å². The van der Waals surface area contributed by atoms with E-state index in [1.54, 1.807) is 0 Å². The Morgan fingerprint density at radius 1 is 0.484 bits per heavy atom. The molecule has 0 bridgehead atoms. The van der Waals surface area contributed by atoms with Crippen LogP contribution in [-0.4, -0.2) is 0 Å². The maximum atomic E-state index is 3.97. The molecule has 0 fully saturated rings. The second-order valence-electron chi connectivity index (χ2n) is 13.4. The third kappa shape index (κ3) is 2.48. The Bertz CT molecular complexity index is 1090. The Morgan fingerprint density at radius 3 is 1.35 bits per heavy atom. The minimum Gasteiger partial charge on any atom is -0.0582 e. The van der Waals surface area contributed by atoms with Crippen molar-refractivity contribution in [2.75, 3.05) is 0 Å². The average Bonchev–Trinajstić information content (AvgIpc) is 2.82. The summed E-state index contributed by atoms with van der Waals surface area (Å²) >= 11 is 3.97. The van der Waals surface area contributed by atoms with Crippen LogP contribution in [0.1, 0.15) is 105 Å². The number of hydrogen-bond donors (Lipinski definition) is 0. The quantitative estimate of drug-likeness (QED) is 0.381. The van der Waals surface area contributed by atoms with Gasteiger partial charge >= 0.3 is 0 Å². The SMILES string of the molecule is CC1(C)c2ccc(-c3cc4c(cc3Br)C(C)(C)C(C)(C)C4(C)C)cc2C(C)(C)C1(C)C. The van der Waals surface area contributed by atoms with E-state index in [1.165, 1.54) is 37.9 Å². The molecule has 2 aliphatic carbocycles. The van der Waals surface area contributed by atoms with Crippen molar-refractivity contribution < 1.29 is 0 Å². The maximum absolute atomic E-state index is 3.97. The molecule has 0 aromatic heterocycles. The van der Waals surface area contributed by atoms with Crippen molar-refractivity contribution in [3.8, 4) is 11.1 Å². The van der Waals surface area contributed by atoms with Crippen LogP contribution in [0.2, 0.25) is 0 Å². The monoisotopic (exact) mass is 480 g/mol. The molecular formula is C30H41Br. The molecule has 0 radical (unpaired) electrons. The first-order valence-corrected chi connectivity index (χ1v) is 12.6. The van der Waals surface area contributed by atoms with Gasteiger partial charge in [0.15, 0.2) is 0 Å². The molecule has 1 heteroatoms.